The Kier molecular flexibility index (Phi) is 5.64. The first-order valence-electron chi connectivity index (χ1n) is 9.58. The lowest BCUT2D eigenvalue weighted by atomic mass is 10.1. The number of aromatic nitrogens is 4. The van der Waals surface area contributed by atoms with Gasteiger partial charge in [0.2, 0.25) is 5.13 Å². The summed E-state index contributed by atoms with van der Waals surface area (Å²) in [5.74, 6) is 0. The van der Waals surface area contributed by atoms with Gasteiger partial charge in [-0.3, -0.25) is 5.10 Å². The number of benzene rings is 2. The molecule has 6 nitrogen and oxygen atoms in total. The Bertz CT molecular complexity index is 1040. The smallest absolute Gasteiger partial charge is 0.206 e. The van der Waals surface area contributed by atoms with E-state index in [1.54, 1.807) is 11.3 Å². The number of nitrogens with zero attached hydrogens (tertiary/aromatic N) is 3. The number of rotatable bonds is 8. The molecule has 0 radical (unpaired) electrons. The Balaban J connectivity index is 1.52. The number of anilines is 1. The summed E-state index contributed by atoms with van der Waals surface area (Å²) in [6.45, 7) is 2.70. The molecule has 28 heavy (non-hydrogen) atoms. The molecule has 1 atom stereocenters. The minimum atomic E-state index is 0.121. The van der Waals surface area contributed by atoms with E-state index in [0.717, 1.165) is 51.6 Å². The van der Waals surface area contributed by atoms with E-state index in [0.29, 0.717) is 6.54 Å². The van der Waals surface area contributed by atoms with Crippen molar-refractivity contribution in [1.82, 2.24) is 20.4 Å². The van der Waals surface area contributed by atoms with Crippen LogP contribution in [0, 0.1) is 0 Å². The number of hydrogen-bond donors (Lipinski definition) is 3. The van der Waals surface area contributed by atoms with Crippen LogP contribution in [0.15, 0.2) is 48.5 Å². The van der Waals surface area contributed by atoms with E-state index in [1.807, 2.05) is 18.2 Å². The molecule has 4 N–H and O–H groups in total. The third kappa shape index (κ3) is 4.05. The quantitative estimate of drug-likeness (QED) is 0.421. The Labute approximate surface area is 168 Å². The van der Waals surface area contributed by atoms with Crippen LogP contribution in [0.3, 0.4) is 0 Å². The molecule has 4 rings (SSSR count). The topological polar surface area (TPSA) is 92.5 Å². The molecule has 0 spiro atoms. The first kappa shape index (κ1) is 18.6. The molecule has 0 aliphatic heterocycles. The van der Waals surface area contributed by atoms with Crippen molar-refractivity contribution in [3.8, 4) is 10.6 Å². The van der Waals surface area contributed by atoms with Crippen LogP contribution < -0.4 is 11.1 Å². The van der Waals surface area contributed by atoms with Gasteiger partial charge in [0.25, 0.3) is 0 Å². The maximum Gasteiger partial charge on any atom is 0.206 e. The summed E-state index contributed by atoms with van der Waals surface area (Å²) in [6.07, 6.45) is 2.89. The third-order valence-electron chi connectivity index (χ3n) is 4.74. The second-order valence-corrected chi connectivity index (χ2v) is 7.84. The van der Waals surface area contributed by atoms with E-state index in [9.17, 15) is 0 Å². The van der Waals surface area contributed by atoms with E-state index in [-0.39, 0.29) is 6.04 Å². The number of aromatic amines is 1. The van der Waals surface area contributed by atoms with Gasteiger partial charge in [-0.2, -0.15) is 5.10 Å². The van der Waals surface area contributed by atoms with Gasteiger partial charge in [0.05, 0.1) is 11.2 Å². The summed E-state index contributed by atoms with van der Waals surface area (Å²) in [7, 11) is 0. The number of hydrogen-bond acceptors (Lipinski definition) is 6. The van der Waals surface area contributed by atoms with Gasteiger partial charge < -0.3 is 11.1 Å². The van der Waals surface area contributed by atoms with Gasteiger partial charge in [-0.25, -0.2) is 0 Å². The van der Waals surface area contributed by atoms with Crippen LogP contribution in [0.25, 0.3) is 21.5 Å². The van der Waals surface area contributed by atoms with Crippen molar-refractivity contribution < 1.29 is 0 Å². The number of nitrogens with two attached hydrogens (primary N) is 1. The van der Waals surface area contributed by atoms with Crippen LogP contribution in [-0.4, -0.2) is 33.0 Å². The number of fused-ring (bicyclic) bond motifs is 1. The molecular weight excluding hydrogens is 368 g/mol. The fraction of sp³-hybridized carbons (Fsp3) is 0.286. The van der Waals surface area contributed by atoms with Gasteiger partial charge in [-0.15, -0.1) is 10.2 Å². The molecule has 0 saturated carbocycles. The van der Waals surface area contributed by atoms with Gasteiger partial charge >= 0.3 is 0 Å². The van der Waals surface area contributed by atoms with Gasteiger partial charge in [0, 0.05) is 23.5 Å². The van der Waals surface area contributed by atoms with Crippen LogP contribution in [-0.2, 0) is 12.8 Å². The molecule has 0 saturated heterocycles. The molecule has 0 fully saturated rings. The molecule has 144 valence electrons. The van der Waals surface area contributed by atoms with E-state index in [2.05, 4.69) is 63.0 Å². The second kappa shape index (κ2) is 8.50. The van der Waals surface area contributed by atoms with Gasteiger partial charge in [-0.05, 0) is 36.6 Å². The van der Waals surface area contributed by atoms with Crippen molar-refractivity contribution >= 4 is 27.4 Å². The maximum absolute atomic E-state index is 5.97. The molecule has 2 aromatic heterocycles. The van der Waals surface area contributed by atoms with Crippen molar-refractivity contribution in [2.45, 2.75) is 32.2 Å². The summed E-state index contributed by atoms with van der Waals surface area (Å²) in [6, 6.07) is 16.7. The molecule has 7 heteroatoms. The zero-order valence-corrected chi connectivity index (χ0v) is 16.7. The Morgan fingerprint density at radius 3 is 2.79 bits per heavy atom. The highest BCUT2D eigenvalue weighted by Gasteiger charge is 2.13. The second-order valence-electron chi connectivity index (χ2n) is 6.86. The van der Waals surface area contributed by atoms with Crippen molar-refractivity contribution in [1.29, 1.82) is 0 Å². The summed E-state index contributed by atoms with van der Waals surface area (Å²) < 4.78 is 0. The highest BCUT2D eigenvalue weighted by molar-refractivity contribution is 7.18. The van der Waals surface area contributed by atoms with E-state index in [1.165, 1.54) is 5.56 Å². The zero-order valence-electron chi connectivity index (χ0n) is 15.9. The summed E-state index contributed by atoms with van der Waals surface area (Å²) in [4.78, 5) is 0. The van der Waals surface area contributed by atoms with Gasteiger partial charge in [-0.1, -0.05) is 55.0 Å². The lowest BCUT2D eigenvalue weighted by molar-refractivity contribution is 0.721. The fourth-order valence-corrected chi connectivity index (χ4v) is 4.11. The normalized spacial score (nSPS) is 12.4. The summed E-state index contributed by atoms with van der Waals surface area (Å²) in [5.41, 5.74) is 10.4. The molecular formula is C21H24N6S. The predicted octanol–water partition coefficient (Wildman–Crippen LogP) is 4.02. The predicted molar refractivity (Wildman–Crippen MR) is 116 cm³/mol. The van der Waals surface area contributed by atoms with E-state index < -0.39 is 0 Å². The minimum absolute atomic E-state index is 0.121. The van der Waals surface area contributed by atoms with Crippen molar-refractivity contribution in [2.75, 3.05) is 11.9 Å². The molecule has 0 amide bonds. The molecule has 0 unspecified atom stereocenters. The van der Waals surface area contributed by atoms with Crippen molar-refractivity contribution in [2.24, 2.45) is 5.73 Å². The van der Waals surface area contributed by atoms with Crippen molar-refractivity contribution in [3.05, 3.63) is 59.8 Å². The Morgan fingerprint density at radius 2 is 2.00 bits per heavy atom. The molecule has 2 aromatic carbocycles. The highest BCUT2D eigenvalue weighted by Crippen LogP contribution is 2.30. The number of aryl methyl sites for hydroxylation is 1. The molecule has 0 aliphatic rings. The molecule has 0 aliphatic carbocycles. The standard InChI is InChI=1S/C21H24N6S/c1-2-6-18-17-12-15(9-10-19(17)25-24-18)20-26-27-21(28-20)23-16(13-22)11-14-7-4-3-5-8-14/h3-5,7-10,12,16H,2,6,11,13,22H2,1H3,(H,23,27)(H,24,25)/t16-/m1/s1. The number of nitrogens with one attached hydrogen (secondary N) is 2. The van der Waals surface area contributed by atoms with Crippen LogP contribution >= 0.6 is 11.3 Å². The van der Waals surface area contributed by atoms with Crippen LogP contribution in [0.5, 0.6) is 0 Å². The minimum Gasteiger partial charge on any atom is -0.356 e. The average molecular weight is 393 g/mol. The van der Waals surface area contributed by atoms with Crippen LogP contribution in [0.2, 0.25) is 0 Å². The molecule has 4 aromatic rings. The molecule has 0 bridgehead atoms. The average Bonchev–Trinajstić information content (AvgIpc) is 3.35. The van der Waals surface area contributed by atoms with E-state index >= 15 is 0 Å². The lowest BCUT2D eigenvalue weighted by Gasteiger charge is -2.15. The SMILES string of the molecule is CCCc1n[nH]c2ccc(-c3nnc(N[C@@H](CN)Cc4ccccc4)s3)cc12. The lowest BCUT2D eigenvalue weighted by Crippen LogP contribution is -2.30. The van der Waals surface area contributed by atoms with Gasteiger partial charge in [0.1, 0.15) is 5.01 Å². The van der Waals surface area contributed by atoms with Crippen LogP contribution in [0.1, 0.15) is 24.6 Å². The van der Waals surface area contributed by atoms with Gasteiger partial charge in [0.15, 0.2) is 0 Å². The summed E-state index contributed by atoms with van der Waals surface area (Å²) >= 11 is 1.55. The first-order chi connectivity index (χ1) is 13.8. The van der Waals surface area contributed by atoms with Crippen LogP contribution in [0.4, 0.5) is 5.13 Å². The van der Waals surface area contributed by atoms with E-state index in [4.69, 9.17) is 5.73 Å². The van der Waals surface area contributed by atoms with Crippen molar-refractivity contribution in [3.63, 3.8) is 0 Å². The fourth-order valence-electron chi connectivity index (χ4n) is 3.29. The zero-order chi connectivity index (χ0) is 19.3. The monoisotopic (exact) mass is 392 g/mol. The highest BCUT2D eigenvalue weighted by atomic mass is 32.1. The maximum atomic E-state index is 5.97. The largest absolute Gasteiger partial charge is 0.356 e. The first-order valence-corrected chi connectivity index (χ1v) is 10.4. The molecule has 2 heterocycles. The number of H-pyrrole nitrogens is 1. The Hall–Kier alpha value is -2.77. The Morgan fingerprint density at radius 1 is 1.14 bits per heavy atom. The summed E-state index contributed by atoms with van der Waals surface area (Å²) in [5, 5.41) is 22.5. The third-order valence-corrected chi connectivity index (χ3v) is 5.64.